The van der Waals surface area contributed by atoms with Crippen LogP contribution in [0.1, 0.15) is 53.6 Å². The number of carbonyl (C=O) groups is 3. The number of imide groups is 1. The summed E-state index contributed by atoms with van der Waals surface area (Å²) in [7, 11) is 2.00. The Morgan fingerprint density at radius 1 is 1.14 bits per heavy atom. The van der Waals surface area contributed by atoms with Crippen molar-refractivity contribution in [2.75, 3.05) is 26.7 Å². The van der Waals surface area contributed by atoms with Crippen LogP contribution in [0.5, 0.6) is 0 Å². The molecular weight excluding hydrogens is 368 g/mol. The van der Waals surface area contributed by atoms with Gasteiger partial charge in [-0.3, -0.25) is 24.6 Å². The topological polar surface area (TPSA) is 81.8 Å². The number of amides is 3. The lowest BCUT2D eigenvalue weighted by Gasteiger charge is -2.32. The first-order chi connectivity index (χ1) is 14.1. The predicted molar refractivity (Wildman–Crippen MR) is 109 cm³/mol. The van der Waals surface area contributed by atoms with Crippen molar-refractivity contribution >= 4 is 17.7 Å². The summed E-state index contributed by atoms with van der Waals surface area (Å²) < 4.78 is 0. The Bertz CT molecular complexity index is 801. The van der Waals surface area contributed by atoms with E-state index in [0.29, 0.717) is 18.5 Å². The minimum Gasteiger partial charge on any atom is -0.322 e. The van der Waals surface area contributed by atoms with Gasteiger partial charge in [-0.1, -0.05) is 12.1 Å². The Balaban J connectivity index is 1.42. The number of nitrogens with one attached hydrogen (secondary N) is 2. The zero-order valence-electron chi connectivity index (χ0n) is 17.1. The van der Waals surface area contributed by atoms with Crippen LogP contribution >= 0.6 is 0 Å². The molecular formula is C22H30N4O3. The summed E-state index contributed by atoms with van der Waals surface area (Å²) in [5.74, 6) is 0.0914. The van der Waals surface area contributed by atoms with Crippen molar-refractivity contribution in [1.82, 2.24) is 20.4 Å². The monoisotopic (exact) mass is 398 g/mol. The number of fused-ring (bicyclic) bond motifs is 1. The zero-order chi connectivity index (χ0) is 20.4. The van der Waals surface area contributed by atoms with E-state index in [1.165, 1.54) is 24.8 Å². The van der Waals surface area contributed by atoms with Gasteiger partial charge in [0.2, 0.25) is 11.8 Å². The highest BCUT2D eigenvalue weighted by molar-refractivity contribution is 6.05. The van der Waals surface area contributed by atoms with Gasteiger partial charge >= 0.3 is 0 Å². The van der Waals surface area contributed by atoms with Crippen molar-refractivity contribution in [3.05, 3.63) is 34.9 Å². The summed E-state index contributed by atoms with van der Waals surface area (Å²) in [5, 5.41) is 5.61. The first-order valence-corrected chi connectivity index (χ1v) is 10.7. The van der Waals surface area contributed by atoms with Crippen LogP contribution in [0.25, 0.3) is 0 Å². The Morgan fingerprint density at radius 2 is 1.93 bits per heavy atom. The number of benzene rings is 1. The van der Waals surface area contributed by atoms with Crippen LogP contribution in [0, 0.1) is 5.92 Å². The highest BCUT2D eigenvalue weighted by atomic mass is 16.2. The summed E-state index contributed by atoms with van der Waals surface area (Å²) in [5.41, 5.74) is 2.93. The summed E-state index contributed by atoms with van der Waals surface area (Å²) >= 11 is 0. The van der Waals surface area contributed by atoms with E-state index in [2.05, 4.69) is 21.6 Å². The molecule has 0 spiro atoms. The van der Waals surface area contributed by atoms with Crippen LogP contribution in [-0.2, 0) is 22.7 Å². The van der Waals surface area contributed by atoms with Crippen LogP contribution in [0.3, 0.4) is 0 Å². The fourth-order valence-corrected chi connectivity index (χ4v) is 4.82. The lowest BCUT2D eigenvalue weighted by Crippen LogP contribution is -2.52. The predicted octanol–water partition coefficient (Wildman–Crippen LogP) is 1.27. The van der Waals surface area contributed by atoms with Crippen molar-refractivity contribution in [2.45, 2.75) is 51.2 Å². The van der Waals surface area contributed by atoms with E-state index < -0.39 is 6.04 Å². The second-order valence-electron chi connectivity index (χ2n) is 8.45. The Hall–Kier alpha value is -2.25. The molecule has 1 atom stereocenters. The fraction of sp³-hybridized carbons (Fsp3) is 0.591. The highest BCUT2D eigenvalue weighted by Gasteiger charge is 2.39. The molecule has 1 aromatic carbocycles. The first kappa shape index (κ1) is 20.0. The standard InChI is InChI=1S/C22H30N4O3/c1-23-10-7-15-8-11-25(12-9-15)13-16-3-2-4-17-18(16)14-26(22(17)29)19-5-6-20(27)24-21(19)28/h2-4,15,19,23H,5-14H2,1H3,(H,24,27,28). The van der Waals surface area contributed by atoms with Gasteiger partial charge in [-0.05, 0) is 75.5 Å². The maximum absolute atomic E-state index is 13.0. The Morgan fingerprint density at radius 3 is 2.66 bits per heavy atom. The third kappa shape index (κ3) is 4.21. The van der Waals surface area contributed by atoms with Crippen LogP contribution in [0.15, 0.2) is 18.2 Å². The van der Waals surface area contributed by atoms with E-state index in [1.54, 1.807) is 4.90 Å². The maximum Gasteiger partial charge on any atom is 0.255 e. The van der Waals surface area contributed by atoms with E-state index in [0.717, 1.165) is 37.7 Å². The molecule has 3 aliphatic heterocycles. The van der Waals surface area contributed by atoms with E-state index >= 15 is 0 Å². The Labute approximate surface area is 171 Å². The largest absolute Gasteiger partial charge is 0.322 e. The molecule has 0 aliphatic carbocycles. The molecule has 0 bridgehead atoms. The van der Waals surface area contributed by atoms with E-state index in [-0.39, 0.29) is 24.1 Å². The molecule has 0 aromatic heterocycles. The van der Waals surface area contributed by atoms with Gasteiger partial charge in [0.15, 0.2) is 0 Å². The minimum atomic E-state index is -0.552. The number of carbonyl (C=O) groups excluding carboxylic acids is 3. The van der Waals surface area contributed by atoms with Gasteiger partial charge in [0, 0.05) is 25.1 Å². The van der Waals surface area contributed by atoms with Gasteiger partial charge in [-0.25, -0.2) is 0 Å². The van der Waals surface area contributed by atoms with Crippen molar-refractivity contribution in [3.63, 3.8) is 0 Å². The summed E-state index contributed by atoms with van der Waals surface area (Å²) in [6.07, 6.45) is 4.36. The molecule has 2 saturated heterocycles. The SMILES string of the molecule is CNCCC1CCN(Cc2cccc3c2CN(C2CCC(=O)NC2=O)C3=O)CC1. The van der Waals surface area contributed by atoms with Crippen molar-refractivity contribution in [3.8, 4) is 0 Å². The molecule has 3 amide bonds. The van der Waals surface area contributed by atoms with Crippen LogP contribution in [0.4, 0.5) is 0 Å². The van der Waals surface area contributed by atoms with Crippen molar-refractivity contribution < 1.29 is 14.4 Å². The van der Waals surface area contributed by atoms with E-state index in [9.17, 15) is 14.4 Å². The number of hydrogen-bond acceptors (Lipinski definition) is 5. The maximum atomic E-state index is 13.0. The van der Waals surface area contributed by atoms with Gasteiger partial charge in [-0.15, -0.1) is 0 Å². The molecule has 156 valence electrons. The minimum absolute atomic E-state index is 0.0953. The number of likely N-dealkylation sites (tertiary alicyclic amines) is 1. The third-order valence-electron chi connectivity index (χ3n) is 6.58. The third-order valence-corrected chi connectivity index (χ3v) is 6.58. The number of rotatable bonds is 6. The molecule has 29 heavy (non-hydrogen) atoms. The summed E-state index contributed by atoms with van der Waals surface area (Å²) in [4.78, 5) is 40.8. The highest BCUT2D eigenvalue weighted by Crippen LogP contribution is 2.31. The van der Waals surface area contributed by atoms with Crippen molar-refractivity contribution in [2.24, 2.45) is 5.92 Å². The molecule has 0 radical (unpaired) electrons. The average Bonchev–Trinajstić information content (AvgIpc) is 3.05. The summed E-state index contributed by atoms with van der Waals surface area (Å²) in [6, 6.07) is 5.35. The second kappa shape index (κ2) is 8.63. The number of nitrogens with zero attached hydrogens (tertiary/aromatic N) is 2. The van der Waals surface area contributed by atoms with Gasteiger partial charge in [-0.2, -0.15) is 0 Å². The van der Waals surface area contributed by atoms with Crippen LogP contribution < -0.4 is 10.6 Å². The Kier molecular flexibility index (Phi) is 5.96. The van der Waals surface area contributed by atoms with Crippen LogP contribution in [-0.4, -0.2) is 60.2 Å². The smallest absolute Gasteiger partial charge is 0.255 e. The van der Waals surface area contributed by atoms with Gasteiger partial charge in [0.1, 0.15) is 6.04 Å². The van der Waals surface area contributed by atoms with Crippen molar-refractivity contribution in [1.29, 1.82) is 0 Å². The van der Waals surface area contributed by atoms with Crippen LogP contribution in [0.2, 0.25) is 0 Å². The number of piperidine rings is 2. The number of hydrogen-bond donors (Lipinski definition) is 2. The van der Waals surface area contributed by atoms with Gasteiger partial charge in [0.25, 0.3) is 5.91 Å². The molecule has 2 N–H and O–H groups in total. The van der Waals surface area contributed by atoms with Gasteiger partial charge < -0.3 is 10.2 Å². The zero-order valence-corrected chi connectivity index (χ0v) is 17.1. The quantitative estimate of drug-likeness (QED) is 0.706. The fourth-order valence-electron chi connectivity index (χ4n) is 4.82. The van der Waals surface area contributed by atoms with Gasteiger partial charge in [0.05, 0.1) is 0 Å². The summed E-state index contributed by atoms with van der Waals surface area (Å²) in [6.45, 7) is 4.55. The van der Waals surface area contributed by atoms with E-state index in [4.69, 9.17) is 0 Å². The second-order valence-corrected chi connectivity index (χ2v) is 8.45. The molecule has 1 aromatic rings. The average molecular weight is 399 g/mol. The lowest BCUT2D eigenvalue weighted by atomic mass is 9.93. The molecule has 2 fully saturated rings. The molecule has 7 nitrogen and oxygen atoms in total. The first-order valence-electron chi connectivity index (χ1n) is 10.7. The lowest BCUT2D eigenvalue weighted by molar-refractivity contribution is -0.136. The molecule has 3 heterocycles. The molecule has 1 unspecified atom stereocenters. The molecule has 7 heteroatoms. The molecule has 3 aliphatic rings. The van der Waals surface area contributed by atoms with E-state index in [1.807, 2.05) is 19.2 Å². The normalized spacial score (nSPS) is 23.4. The molecule has 4 rings (SSSR count). The molecule has 0 saturated carbocycles.